The number of nitrogens with one attached hydrogen (secondary N) is 1. The topological polar surface area (TPSA) is 67.9 Å². The molecule has 6 nitrogen and oxygen atoms in total. The minimum atomic E-state index is -0.538. The molecule has 31 heavy (non-hydrogen) atoms. The number of aryl methyl sites for hydroxylation is 1. The average Bonchev–Trinajstić information content (AvgIpc) is 2.79. The van der Waals surface area contributed by atoms with Gasteiger partial charge in [0.15, 0.2) is 0 Å². The fourth-order valence-electron chi connectivity index (χ4n) is 3.81. The van der Waals surface area contributed by atoms with Crippen LogP contribution in [0.3, 0.4) is 0 Å². The highest BCUT2D eigenvalue weighted by molar-refractivity contribution is 5.92. The number of rotatable bonds is 6. The molecule has 0 radical (unpaired) electrons. The number of amides is 1. The van der Waals surface area contributed by atoms with Crippen LogP contribution in [0.5, 0.6) is 0 Å². The summed E-state index contributed by atoms with van der Waals surface area (Å²) in [6.45, 7) is 4.53. The maximum atomic E-state index is 12.5. The van der Waals surface area contributed by atoms with Crippen LogP contribution in [-0.4, -0.2) is 42.7 Å². The molecule has 1 aliphatic rings. The number of ether oxygens (including phenoxy) is 1. The molecule has 160 valence electrons. The van der Waals surface area contributed by atoms with E-state index in [-0.39, 0.29) is 31.2 Å². The number of carbonyl (C=O) groups excluding carboxylic acids is 2. The summed E-state index contributed by atoms with van der Waals surface area (Å²) in [6.07, 6.45) is -0.278. The van der Waals surface area contributed by atoms with Gasteiger partial charge in [-0.15, -0.1) is 0 Å². The summed E-state index contributed by atoms with van der Waals surface area (Å²) in [5.41, 5.74) is 2.45. The first-order valence-corrected chi connectivity index (χ1v) is 10.4. The van der Waals surface area contributed by atoms with Crippen LogP contribution in [-0.2, 0) is 14.4 Å². The second-order valence-electron chi connectivity index (χ2n) is 7.78. The van der Waals surface area contributed by atoms with Gasteiger partial charge in [-0.25, -0.2) is 4.79 Å². The molecular formula is C25H26N2O4. The highest BCUT2D eigenvalue weighted by atomic mass is 16.7. The zero-order valence-corrected chi connectivity index (χ0v) is 17.7. The van der Waals surface area contributed by atoms with Crippen molar-refractivity contribution >= 4 is 22.6 Å². The van der Waals surface area contributed by atoms with Gasteiger partial charge >= 0.3 is 5.97 Å². The van der Waals surface area contributed by atoms with Crippen LogP contribution in [0.4, 0.5) is 0 Å². The molecular weight excluding hydrogens is 392 g/mol. The summed E-state index contributed by atoms with van der Waals surface area (Å²) in [5, 5.41) is 7.01. The van der Waals surface area contributed by atoms with E-state index in [4.69, 9.17) is 9.57 Å². The van der Waals surface area contributed by atoms with E-state index < -0.39 is 5.97 Å². The van der Waals surface area contributed by atoms with Crippen LogP contribution in [0.2, 0.25) is 0 Å². The number of hydrogen-bond donors (Lipinski definition) is 1. The predicted molar refractivity (Wildman–Crippen MR) is 118 cm³/mol. The lowest BCUT2D eigenvalue weighted by molar-refractivity contribution is -0.194. The van der Waals surface area contributed by atoms with Crippen molar-refractivity contribution in [1.29, 1.82) is 0 Å². The molecule has 3 aromatic carbocycles. The zero-order chi connectivity index (χ0) is 21.8. The zero-order valence-electron chi connectivity index (χ0n) is 17.7. The van der Waals surface area contributed by atoms with Gasteiger partial charge in [0.1, 0.15) is 6.61 Å². The molecule has 0 saturated carbocycles. The Bertz CT molecular complexity index is 1090. The smallest absolute Gasteiger partial charge is 0.363 e. The van der Waals surface area contributed by atoms with Gasteiger partial charge in [0.2, 0.25) is 0 Å². The number of fused-ring (bicyclic) bond motifs is 1. The molecule has 1 fully saturated rings. The van der Waals surface area contributed by atoms with E-state index in [9.17, 15) is 9.59 Å². The first kappa shape index (κ1) is 21.0. The summed E-state index contributed by atoms with van der Waals surface area (Å²) >= 11 is 0. The van der Waals surface area contributed by atoms with Gasteiger partial charge in [0.25, 0.3) is 5.91 Å². The van der Waals surface area contributed by atoms with Gasteiger partial charge in [-0.3, -0.25) is 4.79 Å². The number of morpholine rings is 1. The van der Waals surface area contributed by atoms with Crippen LogP contribution < -0.4 is 5.32 Å². The predicted octanol–water partition coefficient (Wildman–Crippen LogP) is 3.80. The van der Waals surface area contributed by atoms with Gasteiger partial charge in [-0.1, -0.05) is 60.7 Å². The quantitative estimate of drug-likeness (QED) is 0.660. The van der Waals surface area contributed by atoms with Crippen molar-refractivity contribution in [2.75, 3.05) is 19.7 Å². The standard InChI is InChI=1S/C25H26N2O4/c1-17-8-3-5-11-21(17)25(29)31-27-15-20(30-16-24(27)28)14-26-18(2)22-13-7-10-19-9-4-6-12-23(19)22/h3-13,18,20,26H,14-16H2,1-2H3/t18-,20?/m1/s1. The molecule has 0 aromatic heterocycles. The molecule has 1 N–H and O–H groups in total. The molecule has 1 unspecified atom stereocenters. The molecule has 4 rings (SSSR count). The minimum absolute atomic E-state index is 0.0929. The van der Waals surface area contributed by atoms with Crippen LogP contribution >= 0.6 is 0 Å². The Balaban J connectivity index is 1.37. The van der Waals surface area contributed by atoms with E-state index >= 15 is 0 Å². The van der Waals surface area contributed by atoms with Crippen molar-refractivity contribution in [3.63, 3.8) is 0 Å². The second kappa shape index (κ2) is 9.29. The normalized spacial score (nSPS) is 17.5. The summed E-state index contributed by atoms with van der Waals surface area (Å²) < 4.78 is 5.66. The maximum absolute atomic E-state index is 12.5. The number of nitrogens with zero attached hydrogens (tertiary/aromatic N) is 1. The second-order valence-corrected chi connectivity index (χ2v) is 7.78. The number of hydroxylamine groups is 2. The van der Waals surface area contributed by atoms with E-state index in [0.717, 1.165) is 10.6 Å². The van der Waals surface area contributed by atoms with Gasteiger partial charge in [-0.2, -0.15) is 5.06 Å². The fraction of sp³-hybridized carbons (Fsp3) is 0.280. The van der Waals surface area contributed by atoms with Crippen molar-refractivity contribution in [3.05, 3.63) is 83.4 Å². The van der Waals surface area contributed by atoms with E-state index in [2.05, 4.69) is 42.6 Å². The van der Waals surface area contributed by atoms with E-state index in [0.29, 0.717) is 12.1 Å². The van der Waals surface area contributed by atoms with Crippen LogP contribution in [0.15, 0.2) is 66.7 Å². The summed E-state index contributed by atoms with van der Waals surface area (Å²) in [6, 6.07) is 21.8. The minimum Gasteiger partial charge on any atom is -0.365 e. The molecule has 3 aromatic rings. The summed E-state index contributed by atoms with van der Waals surface area (Å²) in [7, 11) is 0. The first-order valence-electron chi connectivity index (χ1n) is 10.4. The largest absolute Gasteiger partial charge is 0.365 e. The van der Waals surface area contributed by atoms with Crippen molar-refractivity contribution in [2.24, 2.45) is 0 Å². The van der Waals surface area contributed by atoms with Crippen LogP contribution in [0, 0.1) is 6.92 Å². The molecule has 6 heteroatoms. The van der Waals surface area contributed by atoms with Crippen molar-refractivity contribution in [3.8, 4) is 0 Å². The number of hydrogen-bond acceptors (Lipinski definition) is 5. The Labute approximate surface area is 181 Å². The third-order valence-electron chi connectivity index (χ3n) is 5.59. The average molecular weight is 418 g/mol. The highest BCUT2D eigenvalue weighted by Crippen LogP contribution is 2.24. The Hall–Kier alpha value is -3.22. The Morgan fingerprint density at radius 2 is 1.87 bits per heavy atom. The third-order valence-corrected chi connectivity index (χ3v) is 5.59. The lowest BCUT2D eigenvalue weighted by atomic mass is 9.99. The monoisotopic (exact) mass is 418 g/mol. The third kappa shape index (κ3) is 4.76. The van der Waals surface area contributed by atoms with Gasteiger partial charge < -0.3 is 14.9 Å². The molecule has 1 aliphatic heterocycles. The SMILES string of the molecule is Cc1ccccc1C(=O)ON1CC(CN[C@H](C)c2cccc3ccccc23)OCC1=O. The van der Waals surface area contributed by atoms with Crippen molar-refractivity contribution < 1.29 is 19.2 Å². The van der Waals surface area contributed by atoms with Crippen LogP contribution in [0.1, 0.15) is 34.5 Å². The molecule has 1 heterocycles. The fourth-order valence-corrected chi connectivity index (χ4v) is 3.81. The van der Waals surface area contributed by atoms with Gasteiger partial charge in [-0.05, 0) is 41.8 Å². The van der Waals surface area contributed by atoms with Crippen molar-refractivity contribution in [2.45, 2.75) is 26.0 Å². The highest BCUT2D eigenvalue weighted by Gasteiger charge is 2.30. The molecule has 0 aliphatic carbocycles. The van der Waals surface area contributed by atoms with E-state index in [1.54, 1.807) is 12.1 Å². The lowest BCUT2D eigenvalue weighted by Crippen LogP contribution is -2.50. The molecule has 1 saturated heterocycles. The molecule has 0 bridgehead atoms. The Morgan fingerprint density at radius 3 is 2.71 bits per heavy atom. The van der Waals surface area contributed by atoms with E-state index in [1.807, 2.05) is 31.2 Å². The molecule has 1 amide bonds. The Morgan fingerprint density at radius 1 is 1.13 bits per heavy atom. The van der Waals surface area contributed by atoms with Crippen molar-refractivity contribution in [1.82, 2.24) is 10.4 Å². The first-order chi connectivity index (χ1) is 15.0. The van der Waals surface area contributed by atoms with Gasteiger partial charge in [0.05, 0.1) is 18.2 Å². The number of benzene rings is 3. The maximum Gasteiger partial charge on any atom is 0.363 e. The molecule has 2 atom stereocenters. The molecule has 0 spiro atoms. The lowest BCUT2D eigenvalue weighted by Gasteiger charge is -2.32. The van der Waals surface area contributed by atoms with Crippen LogP contribution in [0.25, 0.3) is 10.8 Å². The van der Waals surface area contributed by atoms with E-state index in [1.165, 1.54) is 16.3 Å². The Kier molecular flexibility index (Phi) is 6.30. The summed E-state index contributed by atoms with van der Waals surface area (Å²) in [5.74, 6) is -0.899. The summed E-state index contributed by atoms with van der Waals surface area (Å²) in [4.78, 5) is 30.1. The number of carbonyl (C=O) groups is 2. The van der Waals surface area contributed by atoms with Gasteiger partial charge in [0, 0.05) is 12.6 Å².